The molecular formula is C20H25N3O4S. The van der Waals surface area contributed by atoms with Crippen molar-refractivity contribution in [1.82, 2.24) is 14.2 Å². The smallest absolute Gasteiger partial charge is 0.248 e. The molecule has 0 bridgehead atoms. The molecule has 7 nitrogen and oxygen atoms in total. The molecule has 1 aliphatic carbocycles. The van der Waals surface area contributed by atoms with Gasteiger partial charge >= 0.3 is 0 Å². The zero-order chi connectivity index (χ0) is 19.5. The average molecular weight is 404 g/mol. The minimum atomic E-state index is -3.59. The second-order valence-corrected chi connectivity index (χ2v) is 10.2. The van der Waals surface area contributed by atoms with Gasteiger partial charge in [-0.15, -0.1) is 0 Å². The van der Waals surface area contributed by atoms with Crippen LogP contribution in [0.3, 0.4) is 0 Å². The summed E-state index contributed by atoms with van der Waals surface area (Å²) in [6.07, 6.45) is 2.52. The van der Waals surface area contributed by atoms with E-state index in [2.05, 4.69) is 9.88 Å². The van der Waals surface area contributed by atoms with Crippen LogP contribution in [0, 0.1) is 12.8 Å². The molecule has 1 aromatic carbocycles. The van der Waals surface area contributed by atoms with Crippen molar-refractivity contribution in [2.75, 3.05) is 32.8 Å². The summed E-state index contributed by atoms with van der Waals surface area (Å²) >= 11 is 0. The van der Waals surface area contributed by atoms with Gasteiger partial charge in [-0.3, -0.25) is 9.69 Å². The normalized spacial score (nSPS) is 27.0. The third-order valence-corrected chi connectivity index (χ3v) is 8.20. The number of pyridine rings is 1. The lowest BCUT2D eigenvalue weighted by atomic mass is 10.0. The van der Waals surface area contributed by atoms with E-state index in [0.29, 0.717) is 31.3 Å². The predicted octanol–water partition coefficient (Wildman–Crippen LogP) is 1.32. The van der Waals surface area contributed by atoms with Crippen LogP contribution in [-0.4, -0.2) is 67.5 Å². The van der Waals surface area contributed by atoms with Crippen LogP contribution < -0.4 is 5.56 Å². The number of hydrogen-bond acceptors (Lipinski definition) is 5. The predicted molar refractivity (Wildman–Crippen MR) is 106 cm³/mol. The Morgan fingerprint density at radius 2 is 1.96 bits per heavy atom. The van der Waals surface area contributed by atoms with E-state index in [1.54, 1.807) is 22.5 Å². The molecule has 8 heteroatoms. The number of rotatable bonds is 3. The summed E-state index contributed by atoms with van der Waals surface area (Å²) in [6, 6.07) is 7.01. The van der Waals surface area contributed by atoms with E-state index in [0.717, 1.165) is 30.0 Å². The highest BCUT2D eigenvalue weighted by Gasteiger charge is 2.44. The van der Waals surface area contributed by atoms with Gasteiger partial charge in [-0.1, -0.05) is 0 Å². The van der Waals surface area contributed by atoms with Gasteiger partial charge in [-0.25, -0.2) is 8.42 Å². The lowest BCUT2D eigenvalue weighted by Gasteiger charge is -2.47. The number of aromatic amines is 1. The molecule has 5 rings (SSSR count). The third kappa shape index (κ3) is 3.08. The molecule has 3 heterocycles. The second kappa shape index (κ2) is 6.66. The van der Waals surface area contributed by atoms with Crippen LogP contribution in [0.1, 0.15) is 18.4 Å². The summed E-state index contributed by atoms with van der Waals surface area (Å²) in [5.74, 6) is 0.719. The Morgan fingerprint density at radius 3 is 2.75 bits per heavy atom. The number of H-pyrrole nitrogens is 1. The average Bonchev–Trinajstić information content (AvgIpc) is 3.51. The van der Waals surface area contributed by atoms with Crippen molar-refractivity contribution < 1.29 is 13.2 Å². The second-order valence-electron chi connectivity index (χ2n) is 8.22. The third-order valence-electron chi connectivity index (χ3n) is 6.34. The number of hydrogen-bond donors (Lipinski definition) is 1. The first-order valence-electron chi connectivity index (χ1n) is 9.91. The highest BCUT2D eigenvalue weighted by atomic mass is 32.2. The van der Waals surface area contributed by atoms with E-state index in [9.17, 15) is 13.2 Å². The maximum atomic E-state index is 13.3. The minimum Gasteiger partial charge on any atom is -0.378 e. The first kappa shape index (κ1) is 18.3. The van der Waals surface area contributed by atoms with Gasteiger partial charge in [0.15, 0.2) is 0 Å². The Kier molecular flexibility index (Phi) is 4.35. The van der Waals surface area contributed by atoms with Crippen molar-refractivity contribution in [3.8, 4) is 0 Å². The number of nitrogens with one attached hydrogen (secondary N) is 1. The van der Waals surface area contributed by atoms with Crippen LogP contribution >= 0.6 is 0 Å². The van der Waals surface area contributed by atoms with Crippen molar-refractivity contribution in [3.05, 3.63) is 40.2 Å². The Hall–Kier alpha value is -1.74. The molecule has 2 atom stereocenters. The van der Waals surface area contributed by atoms with Gasteiger partial charge in [0, 0.05) is 48.7 Å². The molecule has 3 aliphatic rings. The summed E-state index contributed by atoms with van der Waals surface area (Å²) in [4.78, 5) is 17.2. The van der Waals surface area contributed by atoms with E-state index in [1.807, 2.05) is 6.92 Å². The molecule has 28 heavy (non-hydrogen) atoms. The largest absolute Gasteiger partial charge is 0.378 e. The van der Waals surface area contributed by atoms with Crippen LogP contribution in [-0.2, 0) is 14.8 Å². The first-order chi connectivity index (χ1) is 13.4. The fraction of sp³-hybridized carbons (Fsp3) is 0.550. The molecule has 0 radical (unpaired) electrons. The maximum absolute atomic E-state index is 13.3. The van der Waals surface area contributed by atoms with Crippen LogP contribution in [0.25, 0.3) is 10.9 Å². The van der Waals surface area contributed by atoms with Crippen molar-refractivity contribution in [1.29, 1.82) is 0 Å². The van der Waals surface area contributed by atoms with Crippen molar-refractivity contribution in [2.24, 2.45) is 5.92 Å². The van der Waals surface area contributed by atoms with E-state index >= 15 is 0 Å². The molecule has 0 spiro atoms. The van der Waals surface area contributed by atoms with Gasteiger partial charge in [-0.2, -0.15) is 4.31 Å². The SMILES string of the molecule is Cc1cc(=O)[nH]c2ccc(S(=O)(=O)N3CCN4[C@@H](COC[C@@H]4C4CC4)C3)cc12. The number of benzene rings is 1. The standard InChI is InChI=1S/C20H25N3O4S/c1-13-8-20(24)21-18-5-4-16(9-17(13)18)28(25,26)22-6-7-23-15(10-22)11-27-12-19(23)14-2-3-14/h4-5,8-9,14-15,19H,2-3,6-7,10-12H2,1H3,(H,21,24)/t15-,19-/m1/s1. The molecule has 3 fully saturated rings. The van der Waals surface area contributed by atoms with Gasteiger partial charge < -0.3 is 9.72 Å². The Bertz CT molecular complexity index is 1080. The quantitative estimate of drug-likeness (QED) is 0.836. The molecule has 1 saturated carbocycles. The van der Waals surface area contributed by atoms with Crippen molar-refractivity contribution >= 4 is 20.9 Å². The molecule has 1 N–H and O–H groups in total. The molecule has 0 amide bonds. The summed E-state index contributed by atoms with van der Waals surface area (Å²) in [7, 11) is -3.59. The van der Waals surface area contributed by atoms with E-state index in [1.165, 1.54) is 18.9 Å². The fourth-order valence-corrected chi connectivity index (χ4v) is 6.16. The van der Waals surface area contributed by atoms with Gasteiger partial charge in [-0.05, 0) is 49.4 Å². The molecular weight excluding hydrogens is 378 g/mol. The van der Waals surface area contributed by atoms with E-state index in [4.69, 9.17) is 4.74 Å². The van der Waals surface area contributed by atoms with E-state index in [-0.39, 0.29) is 16.5 Å². The molecule has 1 aromatic heterocycles. The monoisotopic (exact) mass is 403 g/mol. The topological polar surface area (TPSA) is 82.7 Å². The van der Waals surface area contributed by atoms with E-state index < -0.39 is 10.0 Å². The number of sulfonamides is 1. The van der Waals surface area contributed by atoms with Gasteiger partial charge in [0.2, 0.25) is 15.6 Å². The number of morpholine rings is 1. The van der Waals surface area contributed by atoms with Gasteiger partial charge in [0.05, 0.1) is 18.1 Å². The Morgan fingerprint density at radius 1 is 1.14 bits per heavy atom. The summed E-state index contributed by atoms with van der Waals surface area (Å²) in [6.45, 7) is 4.92. The number of nitrogens with zero attached hydrogens (tertiary/aromatic N) is 2. The zero-order valence-electron chi connectivity index (χ0n) is 15.9. The summed E-state index contributed by atoms with van der Waals surface area (Å²) < 4.78 is 34.0. The summed E-state index contributed by atoms with van der Waals surface area (Å²) in [5.41, 5.74) is 1.24. The van der Waals surface area contributed by atoms with Crippen molar-refractivity contribution in [3.63, 3.8) is 0 Å². The molecule has 2 saturated heterocycles. The van der Waals surface area contributed by atoms with Crippen LogP contribution in [0.2, 0.25) is 0 Å². The number of aryl methyl sites for hydroxylation is 1. The number of piperazine rings is 1. The number of fused-ring (bicyclic) bond motifs is 2. The number of ether oxygens (including phenoxy) is 1. The molecule has 150 valence electrons. The fourth-order valence-electron chi connectivity index (χ4n) is 4.66. The van der Waals surface area contributed by atoms with Crippen molar-refractivity contribution in [2.45, 2.75) is 36.7 Å². The molecule has 2 aliphatic heterocycles. The highest BCUT2D eigenvalue weighted by molar-refractivity contribution is 7.89. The minimum absolute atomic E-state index is 0.126. The zero-order valence-corrected chi connectivity index (χ0v) is 16.7. The van der Waals surface area contributed by atoms with Gasteiger partial charge in [0.25, 0.3) is 0 Å². The van der Waals surface area contributed by atoms with Crippen LogP contribution in [0.5, 0.6) is 0 Å². The number of aromatic nitrogens is 1. The lowest BCUT2D eigenvalue weighted by Crippen LogP contribution is -2.63. The lowest BCUT2D eigenvalue weighted by molar-refractivity contribution is -0.0759. The Labute approximate surface area is 164 Å². The highest BCUT2D eigenvalue weighted by Crippen LogP contribution is 2.38. The summed E-state index contributed by atoms with van der Waals surface area (Å²) in [5, 5.41) is 0.758. The Balaban J connectivity index is 1.43. The van der Waals surface area contributed by atoms with Crippen LogP contribution in [0.4, 0.5) is 0 Å². The first-order valence-corrected chi connectivity index (χ1v) is 11.3. The molecule has 0 unspecified atom stereocenters. The van der Waals surface area contributed by atoms with Gasteiger partial charge in [0.1, 0.15) is 0 Å². The van der Waals surface area contributed by atoms with Crippen LogP contribution in [0.15, 0.2) is 34.0 Å². The maximum Gasteiger partial charge on any atom is 0.248 e. The molecule has 2 aromatic rings.